The molecule has 1 fully saturated rings. The van der Waals surface area contributed by atoms with E-state index in [1.807, 2.05) is 0 Å². The number of aliphatic hydroxyl groups is 2. The molecule has 2 N–H and O–H groups in total. The van der Waals surface area contributed by atoms with Crippen LogP contribution in [0.3, 0.4) is 0 Å². The largest absolute Gasteiger partial charge is 0.387 e. The third kappa shape index (κ3) is 2.06. The zero-order valence-electron chi connectivity index (χ0n) is 9.06. The van der Waals surface area contributed by atoms with Crippen LogP contribution in [-0.2, 0) is 7.05 Å². The maximum Gasteiger partial charge on any atom is 0.126 e. The standard InChI is InChI=1S/C11H18N2O2/c1-13-8-5-9(12-13)10(14)11(15)6-3-2-4-7-11/h5,8,10,14-15H,2-4,6-7H2,1H3. The molecule has 0 spiro atoms. The maximum atomic E-state index is 10.3. The van der Waals surface area contributed by atoms with E-state index in [9.17, 15) is 10.2 Å². The third-order valence-corrected chi connectivity index (χ3v) is 3.24. The number of hydrogen-bond acceptors (Lipinski definition) is 3. The van der Waals surface area contributed by atoms with E-state index >= 15 is 0 Å². The van der Waals surface area contributed by atoms with Crippen LogP contribution in [0.2, 0.25) is 0 Å². The van der Waals surface area contributed by atoms with Gasteiger partial charge in [0.15, 0.2) is 0 Å². The van der Waals surface area contributed by atoms with Crippen molar-refractivity contribution in [3.8, 4) is 0 Å². The number of rotatable bonds is 2. The summed E-state index contributed by atoms with van der Waals surface area (Å²) in [6.07, 6.45) is 5.40. The molecule has 1 unspecified atom stereocenters. The van der Waals surface area contributed by atoms with Crippen LogP contribution in [0.15, 0.2) is 12.3 Å². The molecule has 0 aliphatic heterocycles. The molecule has 1 aliphatic rings. The summed E-state index contributed by atoms with van der Waals surface area (Å²) in [5.41, 5.74) is -0.394. The molecule has 0 amide bonds. The van der Waals surface area contributed by atoms with Crippen LogP contribution in [0.5, 0.6) is 0 Å². The van der Waals surface area contributed by atoms with Gasteiger partial charge in [-0.05, 0) is 18.9 Å². The number of aromatic nitrogens is 2. The molecule has 2 rings (SSSR count). The molecule has 4 nitrogen and oxygen atoms in total. The van der Waals surface area contributed by atoms with Crippen molar-refractivity contribution in [2.24, 2.45) is 7.05 Å². The number of aryl methyl sites for hydroxylation is 1. The van der Waals surface area contributed by atoms with E-state index in [-0.39, 0.29) is 0 Å². The van der Waals surface area contributed by atoms with Gasteiger partial charge in [0.05, 0.1) is 11.3 Å². The predicted octanol–water partition coefficient (Wildman–Crippen LogP) is 1.15. The molecule has 1 aliphatic carbocycles. The van der Waals surface area contributed by atoms with Crippen LogP contribution >= 0.6 is 0 Å². The second kappa shape index (κ2) is 3.94. The van der Waals surface area contributed by atoms with Gasteiger partial charge in [-0.15, -0.1) is 0 Å². The topological polar surface area (TPSA) is 58.3 Å². The van der Waals surface area contributed by atoms with Crippen molar-refractivity contribution in [3.63, 3.8) is 0 Å². The Morgan fingerprint density at radius 1 is 1.40 bits per heavy atom. The molecule has 84 valence electrons. The van der Waals surface area contributed by atoms with E-state index in [0.717, 1.165) is 19.3 Å². The van der Waals surface area contributed by atoms with Crippen LogP contribution in [0, 0.1) is 0 Å². The molecule has 0 saturated heterocycles. The lowest BCUT2D eigenvalue weighted by Gasteiger charge is -2.35. The lowest BCUT2D eigenvalue weighted by molar-refractivity contribution is -0.101. The van der Waals surface area contributed by atoms with Crippen molar-refractivity contribution in [1.29, 1.82) is 0 Å². The summed E-state index contributed by atoms with van der Waals surface area (Å²) >= 11 is 0. The fraction of sp³-hybridized carbons (Fsp3) is 0.727. The van der Waals surface area contributed by atoms with E-state index in [1.54, 1.807) is 24.0 Å². The molecule has 0 radical (unpaired) electrons. The molecule has 0 aromatic carbocycles. The van der Waals surface area contributed by atoms with Gasteiger partial charge in [-0.25, -0.2) is 0 Å². The van der Waals surface area contributed by atoms with Gasteiger partial charge in [0.25, 0.3) is 0 Å². The molecule has 1 aromatic heterocycles. The first-order chi connectivity index (χ1) is 7.12. The molecular weight excluding hydrogens is 192 g/mol. The summed E-state index contributed by atoms with van der Waals surface area (Å²) in [6.45, 7) is 0. The summed E-state index contributed by atoms with van der Waals surface area (Å²) in [5, 5.41) is 24.5. The first kappa shape index (κ1) is 10.6. The third-order valence-electron chi connectivity index (χ3n) is 3.24. The Balaban J connectivity index is 2.15. The Bertz CT molecular complexity index is 329. The molecule has 15 heavy (non-hydrogen) atoms. The van der Waals surface area contributed by atoms with Crippen LogP contribution in [0.25, 0.3) is 0 Å². The highest BCUT2D eigenvalue weighted by Gasteiger charge is 2.38. The molecule has 0 bridgehead atoms. The van der Waals surface area contributed by atoms with Crippen LogP contribution < -0.4 is 0 Å². The van der Waals surface area contributed by atoms with Gasteiger partial charge < -0.3 is 10.2 Å². The SMILES string of the molecule is Cn1ccc(C(O)C2(O)CCCCC2)n1. The smallest absolute Gasteiger partial charge is 0.126 e. The molecule has 1 aromatic rings. The Hall–Kier alpha value is -0.870. The zero-order chi connectivity index (χ0) is 10.9. The van der Waals surface area contributed by atoms with E-state index < -0.39 is 11.7 Å². The molecule has 1 atom stereocenters. The summed E-state index contributed by atoms with van der Waals surface area (Å²) < 4.78 is 1.64. The summed E-state index contributed by atoms with van der Waals surface area (Å²) in [5.74, 6) is 0. The van der Waals surface area contributed by atoms with E-state index in [2.05, 4.69) is 5.10 Å². The lowest BCUT2D eigenvalue weighted by atomic mass is 9.80. The minimum atomic E-state index is -0.966. The fourth-order valence-electron chi connectivity index (χ4n) is 2.29. The molecule has 4 heteroatoms. The van der Waals surface area contributed by atoms with Crippen molar-refractivity contribution in [3.05, 3.63) is 18.0 Å². The second-order valence-electron chi connectivity index (χ2n) is 4.48. The predicted molar refractivity (Wildman–Crippen MR) is 56.2 cm³/mol. The van der Waals surface area contributed by atoms with Gasteiger partial charge in [0, 0.05) is 13.2 Å². The minimum Gasteiger partial charge on any atom is -0.387 e. The minimum absolute atomic E-state index is 0.571. The highest BCUT2D eigenvalue weighted by atomic mass is 16.3. The zero-order valence-corrected chi connectivity index (χ0v) is 9.06. The van der Waals surface area contributed by atoms with Crippen molar-refractivity contribution in [2.75, 3.05) is 0 Å². The number of aliphatic hydroxyl groups excluding tert-OH is 1. The van der Waals surface area contributed by atoms with Crippen LogP contribution in [-0.4, -0.2) is 25.6 Å². The quantitative estimate of drug-likeness (QED) is 0.769. The molecule has 1 heterocycles. The van der Waals surface area contributed by atoms with E-state index in [0.29, 0.717) is 18.5 Å². The lowest BCUT2D eigenvalue weighted by Crippen LogP contribution is -2.38. The van der Waals surface area contributed by atoms with Crippen molar-refractivity contribution >= 4 is 0 Å². The molecule has 1 saturated carbocycles. The second-order valence-corrected chi connectivity index (χ2v) is 4.48. The summed E-state index contributed by atoms with van der Waals surface area (Å²) in [6, 6.07) is 1.76. The van der Waals surface area contributed by atoms with Crippen molar-refractivity contribution in [2.45, 2.75) is 43.8 Å². The Morgan fingerprint density at radius 2 is 2.07 bits per heavy atom. The fourth-order valence-corrected chi connectivity index (χ4v) is 2.29. The Morgan fingerprint density at radius 3 is 2.60 bits per heavy atom. The maximum absolute atomic E-state index is 10.3. The Kier molecular flexibility index (Phi) is 2.80. The monoisotopic (exact) mass is 210 g/mol. The number of hydrogen-bond donors (Lipinski definition) is 2. The first-order valence-electron chi connectivity index (χ1n) is 5.52. The average Bonchev–Trinajstić information content (AvgIpc) is 2.65. The highest BCUT2D eigenvalue weighted by molar-refractivity contribution is 5.09. The van der Waals surface area contributed by atoms with Gasteiger partial charge in [0.2, 0.25) is 0 Å². The van der Waals surface area contributed by atoms with Crippen molar-refractivity contribution < 1.29 is 10.2 Å². The summed E-state index contributed by atoms with van der Waals surface area (Å²) in [7, 11) is 1.81. The average molecular weight is 210 g/mol. The first-order valence-corrected chi connectivity index (χ1v) is 5.52. The van der Waals surface area contributed by atoms with Gasteiger partial charge in [-0.3, -0.25) is 4.68 Å². The van der Waals surface area contributed by atoms with E-state index in [4.69, 9.17) is 0 Å². The highest BCUT2D eigenvalue weighted by Crippen LogP contribution is 2.37. The van der Waals surface area contributed by atoms with Gasteiger partial charge >= 0.3 is 0 Å². The Labute approximate surface area is 89.5 Å². The number of nitrogens with zero attached hydrogens (tertiary/aromatic N) is 2. The van der Waals surface area contributed by atoms with E-state index in [1.165, 1.54) is 0 Å². The van der Waals surface area contributed by atoms with Crippen molar-refractivity contribution in [1.82, 2.24) is 9.78 Å². The van der Waals surface area contributed by atoms with Gasteiger partial charge in [-0.2, -0.15) is 5.10 Å². The normalized spacial score (nSPS) is 22.6. The van der Waals surface area contributed by atoms with Crippen LogP contribution in [0.1, 0.15) is 43.9 Å². The summed E-state index contributed by atoms with van der Waals surface area (Å²) in [4.78, 5) is 0. The molecular formula is C11H18N2O2. The van der Waals surface area contributed by atoms with Gasteiger partial charge in [0.1, 0.15) is 6.10 Å². The van der Waals surface area contributed by atoms with Gasteiger partial charge in [-0.1, -0.05) is 19.3 Å². The van der Waals surface area contributed by atoms with Crippen LogP contribution in [0.4, 0.5) is 0 Å².